The number of rotatable bonds is 0. The summed E-state index contributed by atoms with van der Waals surface area (Å²) in [5, 5.41) is 0. The molecule has 0 aliphatic heterocycles. The molecular formula is C6H5Br2N. The van der Waals surface area contributed by atoms with E-state index >= 15 is 0 Å². The molecule has 0 bridgehead atoms. The van der Waals surface area contributed by atoms with Crippen LogP contribution in [-0.4, -0.2) is 0 Å². The molecule has 0 radical (unpaired) electrons. The molecule has 0 saturated carbocycles. The number of nitrogens with two attached hydrogens (primary N) is 1. The minimum atomic E-state index is 0.762. The van der Waals surface area contributed by atoms with Gasteiger partial charge in [-0.15, -0.1) is 0 Å². The Morgan fingerprint density at radius 1 is 1.22 bits per heavy atom. The molecule has 1 aromatic rings. The molecule has 0 fully saturated rings. The number of nitrogen functional groups attached to an aromatic ring is 1. The van der Waals surface area contributed by atoms with Crippen molar-refractivity contribution in [3.8, 4) is 0 Å². The van der Waals surface area contributed by atoms with Crippen LogP contribution in [0.3, 0.4) is 0 Å². The van der Waals surface area contributed by atoms with Gasteiger partial charge in [-0.1, -0.05) is 15.9 Å². The summed E-state index contributed by atoms with van der Waals surface area (Å²) in [6.45, 7) is 0. The Labute approximate surface area is 70.5 Å². The lowest BCUT2D eigenvalue weighted by atomic mass is 11.3. The van der Waals surface area contributed by atoms with Crippen molar-refractivity contribution in [2.45, 2.75) is 0 Å². The molecule has 0 heterocycles. The molecule has 0 amide bonds. The van der Waals surface area contributed by atoms with Crippen molar-refractivity contribution in [2.24, 2.45) is 0 Å². The van der Waals surface area contributed by atoms with Crippen molar-refractivity contribution < 1.29 is 0 Å². The Morgan fingerprint density at radius 3 is 2.33 bits per heavy atom. The number of hydrogen-bond acceptors (Lipinski definition) is 1. The monoisotopic (exact) mass is 255 g/mol. The molecule has 0 saturated heterocycles. The smallest absolute Gasteiger partial charge is 0.0459 e. The van der Waals surface area contributed by atoms with Crippen LogP contribution in [0.15, 0.2) is 27.1 Å². The maximum absolute atomic E-state index is 5.52. The molecule has 0 aliphatic rings. The average molecular weight is 257 g/mol. The van der Waals surface area contributed by atoms with Gasteiger partial charge in [0, 0.05) is 14.6 Å². The lowest BCUT2D eigenvalue weighted by molar-refractivity contribution is 1.59. The second kappa shape index (κ2) is 2.71. The van der Waals surface area contributed by atoms with E-state index in [-0.39, 0.29) is 0 Å². The fourth-order valence-corrected chi connectivity index (χ4v) is 1.55. The highest BCUT2D eigenvalue weighted by atomic mass is 79.9. The van der Waals surface area contributed by atoms with Gasteiger partial charge < -0.3 is 5.73 Å². The van der Waals surface area contributed by atoms with Gasteiger partial charge in [-0.3, -0.25) is 0 Å². The van der Waals surface area contributed by atoms with Crippen LogP contribution in [0.5, 0.6) is 0 Å². The Kier molecular flexibility index (Phi) is 2.13. The summed E-state index contributed by atoms with van der Waals surface area (Å²) in [4.78, 5) is 0. The highest BCUT2D eigenvalue weighted by Gasteiger charge is 1.92. The van der Waals surface area contributed by atoms with Crippen LogP contribution in [0, 0.1) is 0 Å². The van der Waals surface area contributed by atoms with Crippen molar-refractivity contribution >= 4 is 37.5 Å². The Hall–Kier alpha value is -0.0200. The molecule has 2 N–H and O–H groups in total. The predicted octanol–water partition coefficient (Wildman–Crippen LogP) is 2.79. The summed E-state index contributed by atoms with van der Waals surface area (Å²) < 4.78 is 1.96. The van der Waals surface area contributed by atoms with Crippen molar-refractivity contribution in [3.63, 3.8) is 0 Å². The third-order valence-corrected chi connectivity index (χ3v) is 2.14. The van der Waals surface area contributed by atoms with Crippen molar-refractivity contribution in [2.75, 3.05) is 5.73 Å². The van der Waals surface area contributed by atoms with E-state index in [1.807, 2.05) is 18.2 Å². The normalized spacial score (nSPS) is 9.56. The molecular weight excluding hydrogens is 252 g/mol. The first-order chi connectivity index (χ1) is 4.20. The van der Waals surface area contributed by atoms with Crippen LogP contribution in [0.25, 0.3) is 0 Å². The molecule has 0 unspecified atom stereocenters. The molecule has 0 aromatic heterocycles. The van der Waals surface area contributed by atoms with E-state index in [1.54, 1.807) is 0 Å². The third kappa shape index (κ3) is 1.69. The third-order valence-electron chi connectivity index (χ3n) is 0.962. The van der Waals surface area contributed by atoms with E-state index in [1.165, 1.54) is 0 Å². The summed E-state index contributed by atoms with van der Waals surface area (Å²) >= 11 is 6.60. The SMILES string of the molecule is N[13c]1[13cH][13cH][13c](Br)[13cH][13c]1Br. The Balaban J connectivity index is 3.17. The van der Waals surface area contributed by atoms with Crippen molar-refractivity contribution in [1.82, 2.24) is 0 Å². The van der Waals surface area contributed by atoms with E-state index in [0.717, 1.165) is 14.6 Å². The zero-order valence-electron chi connectivity index (χ0n) is 4.57. The van der Waals surface area contributed by atoms with Gasteiger partial charge in [-0.25, -0.2) is 0 Å². The molecule has 0 spiro atoms. The van der Waals surface area contributed by atoms with Crippen molar-refractivity contribution in [3.05, 3.63) is 27.1 Å². The molecule has 1 nitrogen and oxygen atoms in total. The van der Waals surface area contributed by atoms with Gasteiger partial charge in [-0.05, 0) is 34.1 Å². The van der Waals surface area contributed by atoms with Gasteiger partial charge >= 0.3 is 0 Å². The Morgan fingerprint density at radius 2 is 1.89 bits per heavy atom. The highest BCUT2D eigenvalue weighted by molar-refractivity contribution is 9.11. The van der Waals surface area contributed by atoms with Gasteiger partial charge in [0.25, 0.3) is 0 Å². The topological polar surface area (TPSA) is 26.0 Å². The van der Waals surface area contributed by atoms with Crippen LogP contribution in [-0.2, 0) is 0 Å². The molecule has 9 heavy (non-hydrogen) atoms. The van der Waals surface area contributed by atoms with E-state index in [9.17, 15) is 0 Å². The standard InChI is InChI=1S/C6H5Br2N/c7-4-1-2-6(9)5(8)3-4/h1-3H,9H2/i1+1,2+1,3+1,4+1,5+1,6+1. The van der Waals surface area contributed by atoms with Crippen LogP contribution in [0.4, 0.5) is 5.69 Å². The molecule has 1 aromatic carbocycles. The lowest BCUT2D eigenvalue weighted by Gasteiger charge is -1.95. The summed E-state index contributed by atoms with van der Waals surface area (Å²) in [5.41, 5.74) is 6.28. The summed E-state index contributed by atoms with van der Waals surface area (Å²) in [5.74, 6) is 0. The summed E-state index contributed by atoms with van der Waals surface area (Å²) in [7, 11) is 0. The average Bonchev–Trinajstić information content (AvgIpc) is 1.80. The first-order valence-electron chi connectivity index (χ1n) is 2.40. The maximum Gasteiger partial charge on any atom is 0.0459 e. The number of benzene rings is 1. The highest BCUT2D eigenvalue weighted by Crippen LogP contribution is 2.22. The molecule has 0 atom stereocenters. The second-order valence-corrected chi connectivity index (χ2v) is 3.44. The quantitative estimate of drug-likeness (QED) is 0.710. The molecule has 3 heteroatoms. The van der Waals surface area contributed by atoms with E-state index in [4.69, 9.17) is 5.73 Å². The maximum atomic E-state index is 5.52. The van der Waals surface area contributed by atoms with Gasteiger partial charge in [0.15, 0.2) is 0 Å². The first kappa shape index (κ1) is 7.09. The van der Waals surface area contributed by atoms with Crippen molar-refractivity contribution in [1.29, 1.82) is 0 Å². The zero-order chi connectivity index (χ0) is 6.85. The number of halogens is 2. The lowest BCUT2D eigenvalue weighted by Crippen LogP contribution is -1.84. The van der Waals surface area contributed by atoms with Crippen LogP contribution in [0.1, 0.15) is 0 Å². The van der Waals surface area contributed by atoms with Gasteiger partial charge in [0.2, 0.25) is 0 Å². The number of anilines is 1. The van der Waals surface area contributed by atoms with E-state index < -0.39 is 0 Å². The van der Waals surface area contributed by atoms with Crippen LogP contribution in [0.2, 0.25) is 0 Å². The van der Waals surface area contributed by atoms with E-state index in [2.05, 4.69) is 31.9 Å². The largest absolute Gasteiger partial charge is 0.398 e. The zero-order valence-corrected chi connectivity index (χ0v) is 7.74. The minimum absolute atomic E-state index is 0.762. The van der Waals surface area contributed by atoms with Crippen LogP contribution < -0.4 is 5.73 Å². The minimum Gasteiger partial charge on any atom is -0.398 e. The van der Waals surface area contributed by atoms with E-state index in [0.29, 0.717) is 0 Å². The predicted molar refractivity (Wildman–Crippen MR) is 46.3 cm³/mol. The summed E-state index contributed by atoms with van der Waals surface area (Å²) in [6, 6.07) is 5.66. The fraction of sp³-hybridized carbons (Fsp3) is 0. The molecule has 0 aliphatic carbocycles. The molecule has 1 rings (SSSR count). The Bertz CT molecular complexity index is 222. The molecule has 48 valence electrons. The van der Waals surface area contributed by atoms with Gasteiger partial charge in [-0.2, -0.15) is 0 Å². The van der Waals surface area contributed by atoms with Gasteiger partial charge in [0.1, 0.15) is 0 Å². The van der Waals surface area contributed by atoms with Crippen LogP contribution >= 0.6 is 31.9 Å². The first-order valence-corrected chi connectivity index (χ1v) is 3.99. The second-order valence-electron chi connectivity index (χ2n) is 1.67. The number of hydrogen-bond donors (Lipinski definition) is 1. The van der Waals surface area contributed by atoms with Gasteiger partial charge in [0.05, 0.1) is 0 Å². The summed E-state index contributed by atoms with van der Waals surface area (Å²) in [6.07, 6.45) is 0. The fourth-order valence-electron chi connectivity index (χ4n) is 0.502.